The van der Waals surface area contributed by atoms with Crippen molar-refractivity contribution in [3.63, 3.8) is 0 Å². The molecule has 2 amide bonds. The Kier molecular flexibility index (Phi) is 6.18. The Labute approximate surface area is 183 Å². The monoisotopic (exact) mass is 438 g/mol. The zero-order valence-electron chi connectivity index (χ0n) is 16.7. The molecule has 1 atom stereocenters. The van der Waals surface area contributed by atoms with E-state index in [2.05, 4.69) is 5.32 Å². The molecule has 0 saturated carbocycles. The summed E-state index contributed by atoms with van der Waals surface area (Å²) in [5.41, 5.74) is 2.75. The Bertz CT molecular complexity index is 1080. The van der Waals surface area contributed by atoms with Crippen molar-refractivity contribution in [2.24, 2.45) is 0 Å². The second kappa shape index (κ2) is 9.18. The fourth-order valence-corrected chi connectivity index (χ4v) is 4.64. The molecule has 3 aromatic rings. The minimum absolute atomic E-state index is 0.0903. The third-order valence-electron chi connectivity index (χ3n) is 5.32. The fraction of sp³-hybridized carbons (Fsp3) is 0.261. The molecular formula is C23H22N2O5S. The van der Waals surface area contributed by atoms with Crippen LogP contribution in [0.4, 0.5) is 5.69 Å². The van der Waals surface area contributed by atoms with Crippen LogP contribution in [-0.2, 0) is 22.6 Å². The number of hydrogen-bond donors (Lipinski definition) is 2. The molecule has 0 bridgehead atoms. The van der Waals surface area contributed by atoms with E-state index in [0.717, 1.165) is 22.4 Å². The van der Waals surface area contributed by atoms with Gasteiger partial charge in [0, 0.05) is 36.0 Å². The molecule has 8 heteroatoms. The zero-order chi connectivity index (χ0) is 21.8. The molecule has 0 saturated heterocycles. The molecule has 2 aromatic heterocycles. The number of hydrogen-bond acceptors (Lipinski definition) is 5. The highest BCUT2D eigenvalue weighted by Gasteiger charge is 2.24. The molecule has 0 radical (unpaired) electrons. The number of amides is 2. The van der Waals surface area contributed by atoms with Gasteiger partial charge in [0.2, 0.25) is 5.91 Å². The molecule has 1 aromatic carbocycles. The van der Waals surface area contributed by atoms with Gasteiger partial charge in [0.15, 0.2) is 5.76 Å². The summed E-state index contributed by atoms with van der Waals surface area (Å²) in [6.45, 7) is 1.05. The highest BCUT2D eigenvalue weighted by Crippen LogP contribution is 2.29. The van der Waals surface area contributed by atoms with Gasteiger partial charge in [-0.3, -0.25) is 14.4 Å². The van der Waals surface area contributed by atoms with E-state index in [1.807, 2.05) is 35.7 Å². The summed E-state index contributed by atoms with van der Waals surface area (Å²) in [4.78, 5) is 39.0. The predicted octanol–water partition coefficient (Wildman–Crippen LogP) is 4.13. The largest absolute Gasteiger partial charge is 0.481 e. The van der Waals surface area contributed by atoms with Crippen molar-refractivity contribution in [1.29, 1.82) is 0 Å². The van der Waals surface area contributed by atoms with Crippen LogP contribution < -0.4 is 5.32 Å². The van der Waals surface area contributed by atoms with Gasteiger partial charge < -0.3 is 19.7 Å². The lowest BCUT2D eigenvalue weighted by Gasteiger charge is -2.28. The third kappa shape index (κ3) is 5.03. The number of carbonyl (C=O) groups is 3. The number of rotatable bonds is 7. The van der Waals surface area contributed by atoms with Crippen LogP contribution in [0.5, 0.6) is 0 Å². The van der Waals surface area contributed by atoms with E-state index in [9.17, 15) is 19.5 Å². The number of nitrogens with one attached hydrogen (secondary N) is 1. The number of fused-ring (bicyclic) bond motifs is 1. The Morgan fingerprint density at radius 2 is 2.00 bits per heavy atom. The molecule has 0 aliphatic carbocycles. The number of benzene rings is 1. The van der Waals surface area contributed by atoms with E-state index in [1.54, 1.807) is 17.0 Å². The molecule has 0 fully saturated rings. The van der Waals surface area contributed by atoms with Crippen molar-refractivity contribution < 1.29 is 23.9 Å². The molecule has 31 heavy (non-hydrogen) atoms. The van der Waals surface area contributed by atoms with Gasteiger partial charge in [-0.1, -0.05) is 12.1 Å². The lowest BCUT2D eigenvalue weighted by Crippen LogP contribution is -2.35. The first kappa shape index (κ1) is 20.9. The number of nitrogens with zero attached hydrogens (tertiary/aromatic N) is 1. The maximum absolute atomic E-state index is 12.6. The first-order valence-corrected chi connectivity index (χ1v) is 10.9. The van der Waals surface area contributed by atoms with Gasteiger partial charge in [0.25, 0.3) is 5.91 Å². The van der Waals surface area contributed by atoms with E-state index >= 15 is 0 Å². The smallest absolute Gasteiger partial charge is 0.304 e. The Morgan fingerprint density at radius 3 is 2.71 bits per heavy atom. The summed E-state index contributed by atoms with van der Waals surface area (Å²) < 4.78 is 5.22. The normalized spacial score (nSPS) is 14.0. The van der Waals surface area contributed by atoms with Crippen molar-refractivity contribution in [3.05, 3.63) is 75.9 Å². The molecule has 4 rings (SSSR count). The molecule has 1 aliphatic rings. The van der Waals surface area contributed by atoms with Crippen LogP contribution in [0.3, 0.4) is 0 Å². The van der Waals surface area contributed by atoms with Crippen LogP contribution in [0.15, 0.2) is 58.5 Å². The highest BCUT2D eigenvalue weighted by atomic mass is 32.1. The van der Waals surface area contributed by atoms with Gasteiger partial charge in [-0.15, -0.1) is 11.3 Å². The van der Waals surface area contributed by atoms with Crippen molar-refractivity contribution in [2.75, 3.05) is 11.9 Å². The van der Waals surface area contributed by atoms with Crippen LogP contribution in [0.2, 0.25) is 0 Å². The maximum Gasteiger partial charge on any atom is 0.304 e. The predicted molar refractivity (Wildman–Crippen MR) is 116 cm³/mol. The Morgan fingerprint density at radius 1 is 1.13 bits per heavy atom. The highest BCUT2D eigenvalue weighted by molar-refractivity contribution is 7.10. The molecule has 3 heterocycles. The number of furan rings is 1. The van der Waals surface area contributed by atoms with Gasteiger partial charge in [0.05, 0.1) is 12.7 Å². The summed E-state index contributed by atoms with van der Waals surface area (Å²) >= 11 is 1.45. The van der Waals surface area contributed by atoms with E-state index < -0.39 is 5.97 Å². The van der Waals surface area contributed by atoms with Crippen molar-refractivity contribution in [3.8, 4) is 0 Å². The minimum atomic E-state index is -0.929. The standard InChI is InChI=1S/C23H22N2O5S/c26-21(12-16(13-22(27)28)20-4-2-10-31-20)24-18-6-5-15-7-8-25(14-17(15)11-18)23(29)19-3-1-9-30-19/h1-6,9-11,16H,7-8,12-14H2,(H,24,26)(H,27,28). The summed E-state index contributed by atoms with van der Waals surface area (Å²) in [6, 6.07) is 12.7. The summed E-state index contributed by atoms with van der Waals surface area (Å²) in [7, 11) is 0. The molecule has 160 valence electrons. The molecule has 2 N–H and O–H groups in total. The molecule has 1 unspecified atom stereocenters. The average molecular weight is 439 g/mol. The molecule has 7 nitrogen and oxygen atoms in total. The fourth-order valence-electron chi connectivity index (χ4n) is 3.81. The topological polar surface area (TPSA) is 99.8 Å². The first-order chi connectivity index (χ1) is 15.0. The van der Waals surface area contributed by atoms with E-state index in [-0.39, 0.29) is 30.6 Å². The van der Waals surface area contributed by atoms with Gasteiger partial charge in [-0.25, -0.2) is 0 Å². The second-order valence-electron chi connectivity index (χ2n) is 7.50. The molecule has 0 spiro atoms. The Hall–Kier alpha value is -3.39. The van der Waals surface area contributed by atoms with Crippen LogP contribution in [0, 0.1) is 0 Å². The van der Waals surface area contributed by atoms with Gasteiger partial charge >= 0.3 is 5.97 Å². The minimum Gasteiger partial charge on any atom is -0.481 e. The lowest BCUT2D eigenvalue weighted by atomic mass is 9.97. The van der Waals surface area contributed by atoms with Crippen molar-refractivity contribution in [1.82, 2.24) is 4.90 Å². The quantitative estimate of drug-likeness (QED) is 0.578. The van der Waals surface area contributed by atoms with Crippen LogP contribution in [-0.4, -0.2) is 34.3 Å². The first-order valence-electron chi connectivity index (χ1n) is 9.99. The average Bonchev–Trinajstić information content (AvgIpc) is 3.46. The van der Waals surface area contributed by atoms with E-state index in [4.69, 9.17) is 4.42 Å². The van der Waals surface area contributed by atoms with E-state index in [1.165, 1.54) is 17.6 Å². The van der Waals surface area contributed by atoms with Crippen LogP contribution in [0.25, 0.3) is 0 Å². The van der Waals surface area contributed by atoms with Gasteiger partial charge in [-0.2, -0.15) is 0 Å². The molecular weight excluding hydrogens is 416 g/mol. The third-order valence-corrected chi connectivity index (χ3v) is 6.35. The number of carboxylic acid groups (broad SMARTS) is 1. The summed E-state index contributed by atoms with van der Waals surface area (Å²) in [5, 5.41) is 13.9. The van der Waals surface area contributed by atoms with Crippen LogP contribution in [0.1, 0.15) is 45.3 Å². The van der Waals surface area contributed by atoms with Crippen molar-refractivity contribution >= 4 is 34.8 Å². The number of thiophene rings is 1. The van der Waals surface area contributed by atoms with Crippen molar-refractivity contribution in [2.45, 2.75) is 31.7 Å². The second-order valence-corrected chi connectivity index (χ2v) is 8.48. The number of aliphatic carboxylic acids is 1. The number of carboxylic acids is 1. The number of anilines is 1. The molecule has 1 aliphatic heterocycles. The van der Waals surface area contributed by atoms with Gasteiger partial charge in [-0.05, 0) is 53.3 Å². The Balaban J connectivity index is 1.43. The SMILES string of the molecule is O=C(O)CC(CC(=O)Nc1ccc2c(c1)CN(C(=O)c1ccco1)CC2)c1cccs1. The zero-order valence-corrected chi connectivity index (χ0v) is 17.6. The lowest BCUT2D eigenvalue weighted by molar-refractivity contribution is -0.137. The summed E-state index contributed by atoms with van der Waals surface area (Å²) in [5.74, 6) is -1.37. The summed E-state index contributed by atoms with van der Waals surface area (Å²) in [6.07, 6.45) is 2.20. The van der Waals surface area contributed by atoms with Gasteiger partial charge in [0.1, 0.15) is 0 Å². The van der Waals surface area contributed by atoms with Crippen LogP contribution >= 0.6 is 11.3 Å². The maximum atomic E-state index is 12.6. The van der Waals surface area contributed by atoms with E-state index in [0.29, 0.717) is 24.5 Å². The number of carbonyl (C=O) groups excluding carboxylic acids is 2.